The van der Waals surface area contributed by atoms with E-state index in [1.807, 2.05) is 31.2 Å². The van der Waals surface area contributed by atoms with Gasteiger partial charge in [0.2, 0.25) is 16.9 Å². The molecule has 160 valence electrons. The Balaban J connectivity index is 1.26. The summed E-state index contributed by atoms with van der Waals surface area (Å²) in [6, 6.07) is 7.77. The molecule has 0 aliphatic carbocycles. The number of hydrogen-bond acceptors (Lipinski definition) is 8. The number of aromatic nitrogens is 2. The number of nitrogens with one attached hydrogen (secondary N) is 1. The minimum atomic E-state index is -0.389. The second-order valence-corrected chi connectivity index (χ2v) is 9.73. The molecule has 2 saturated heterocycles. The summed E-state index contributed by atoms with van der Waals surface area (Å²) in [6.07, 6.45) is 0.208. The van der Waals surface area contributed by atoms with Gasteiger partial charge in [-0.05, 0) is 19.1 Å². The van der Waals surface area contributed by atoms with Crippen LogP contribution in [0.3, 0.4) is 0 Å². The predicted molar refractivity (Wildman–Crippen MR) is 118 cm³/mol. The lowest BCUT2D eigenvalue weighted by Crippen LogP contribution is -2.37. The summed E-state index contributed by atoms with van der Waals surface area (Å²) in [6.45, 7) is 6.90. The van der Waals surface area contributed by atoms with Gasteiger partial charge in [0.15, 0.2) is 4.34 Å². The van der Waals surface area contributed by atoms with Gasteiger partial charge in [-0.3, -0.25) is 14.5 Å². The lowest BCUT2D eigenvalue weighted by Gasteiger charge is -2.25. The summed E-state index contributed by atoms with van der Waals surface area (Å²) in [4.78, 5) is 29.1. The number of benzene rings is 1. The van der Waals surface area contributed by atoms with Crippen LogP contribution in [0.4, 0.5) is 10.8 Å². The van der Waals surface area contributed by atoms with E-state index in [9.17, 15) is 9.59 Å². The van der Waals surface area contributed by atoms with Crippen molar-refractivity contribution in [2.75, 3.05) is 55.4 Å². The van der Waals surface area contributed by atoms with Gasteiger partial charge in [0.25, 0.3) is 0 Å². The van der Waals surface area contributed by atoms with Crippen molar-refractivity contribution in [2.24, 2.45) is 5.92 Å². The van der Waals surface area contributed by atoms with E-state index in [1.54, 1.807) is 16.7 Å². The third-order valence-corrected chi connectivity index (χ3v) is 7.17. The zero-order valence-electron chi connectivity index (χ0n) is 16.9. The van der Waals surface area contributed by atoms with Crippen LogP contribution in [0, 0.1) is 12.8 Å². The molecule has 30 heavy (non-hydrogen) atoms. The summed E-state index contributed by atoms with van der Waals surface area (Å²) in [5.41, 5.74) is 1.96. The summed E-state index contributed by atoms with van der Waals surface area (Å²) in [5, 5.41) is 11.6. The van der Waals surface area contributed by atoms with Crippen molar-refractivity contribution in [3.8, 4) is 0 Å². The molecule has 1 aromatic carbocycles. The minimum absolute atomic E-state index is 0.0318. The number of carbonyl (C=O) groups excluding carboxylic acids is 2. The van der Waals surface area contributed by atoms with E-state index >= 15 is 0 Å². The monoisotopic (exact) mass is 447 g/mol. The first-order valence-electron chi connectivity index (χ1n) is 10.0. The van der Waals surface area contributed by atoms with Crippen molar-refractivity contribution in [3.63, 3.8) is 0 Å². The van der Waals surface area contributed by atoms with Gasteiger partial charge < -0.3 is 15.0 Å². The van der Waals surface area contributed by atoms with Crippen LogP contribution in [0.15, 0.2) is 28.6 Å². The van der Waals surface area contributed by atoms with E-state index in [0.29, 0.717) is 11.7 Å². The van der Waals surface area contributed by atoms with Gasteiger partial charge in [-0.1, -0.05) is 40.8 Å². The fourth-order valence-electron chi connectivity index (χ4n) is 3.47. The third kappa shape index (κ3) is 5.37. The van der Waals surface area contributed by atoms with Crippen LogP contribution >= 0.6 is 23.1 Å². The van der Waals surface area contributed by atoms with Crippen molar-refractivity contribution >= 4 is 45.7 Å². The number of morpholine rings is 1. The summed E-state index contributed by atoms with van der Waals surface area (Å²) >= 11 is 3.02. The smallest absolute Gasteiger partial charge is 0.231 e. The largest absolute Gasteiger partial charge is 0.379 e. The highest BCUT2D eigenvalue weighted by Gasteiger charge is 2.35. The van der Waals surface area contributed by atoms with Crippen molar-refractivity contribution < 1.29 is 14.3 Å². The predicted octanol–water partition coefficient (Wildman–Crippen LogP) is 2.26. The normalized spacial score (nSPS) is 20.0. The Bertz CT molecular complexity index is 883. The van der Waals surface area contributed by atoms with Gasteiger partial charge in [0.05, 0.1) is 19.1 Å². The summed E-state index contributed by atoms with van der Waals surface area (Å²) in [7, 11) is 0. The molecule has 2 aliphatic rings. The molecule has 0 saturated carbocycles. The maximum atomic E-state index is 12.6. The van der Waals surface area contributed by atoms with Crippen LogP contribution in [0.5, 0.6) is 0 Å². The van der Waals surface area contributed by atoms with Crippen molar-refractivity contribution in [1.82, 2.24) is 15.1 Å². The van der Waals surface area contributed by atoms with Crippen LogP contribution in [-0.4, -0.2) is 72.1 Å². The molecular formula is C20H25N5O3S2. The molecule has 10 heteroatoms. The van der Waals surface area contributed by atoms with Gasteiger partial charge in [0.1, 0.15) is 0 Å². The Kier molecular flexibility index (Phi) is 6.98. The highest BCUT2D eigenvalue weighted by Crippen LogP contribution is 2.29. The van der Waals surface area contributed by atoms with Crippen molar-refractivity contribution in [1.29, 1.82) is 0 Å². The fourth-order valence-corrected chi connectivity index (χ4v) is 5.30. The number of aryl methyl sites for hydroxylation is 1. The molecular weight excluding hydrogens is 422 g/mol. The van der Waals surface area contributed by atoms with E-state index in [0.717, 1.165) is 54.2 Å². The van der Waals surface area contributed by atoms with E-state index in [-0.39, 0.29) is 24.2 Å². The lowest BCUT2D eigenvalue weighted by molar-refractivity contribution is -0.122. The first-order valence-corrected chi connectivity index (χ1v) is 11.8. The third-order valence-electron chi connectivity index (χ3n) is 5.21. The lowest BCUT2D eigenvalue weighted by atomic mass is 10.1. The van der Waals surface area contributed by atoms with E-state index in [1.165, 1.54) is 11.3 Å². The Morgan fingerprint density at radius 1 is 1.27 bits per heavy atom. The molecule has 2 aliphatic heterocycles. The van der Waals surface area contributed by atoms with Gasteiger partial charge in [0, 0.05) is 44.0 Å². The molecule has 1 aromatic heterocycles. The summed E-state index contributed by atoms with van der Waals surface area (Å²) in [5.74, 6) is 0.320. The molecule has 1 N–H and O–H groups in total. The molecule has 1 unspecified atom stereocenters. The van der Waals surface area contributed by atoms with Gasteiger partial charge >= 0.3 is 0 Å². The van der Waals surface area contributed by atoms with E-state index in [4.69, 9.17) is 4.74 Å². The van der Waals surface area contributed by atoms with Gasteiger partial charge in [-0.15, -0.1) is 10.2 Å². The fraction of sp³-hybridized carbons (Fsp3) is 0.500. The number of thioether (sulfide) groups is 1. The van der Waals surface area contributed by atoms with Crippen LogP contribution in [0.2, 0.25) is 0 Å². The molecule has 0 radical (unpaired) electrons. The highest BCUT2D eigenvalue weighted by atomic mass is 32.2. The number of rotatable bonds is 7. The average molecular weight is 448 g/mol. The number of anilines is 2. The van der Waals surface area contributed by atoms with Crippen LogP contribution < -0.4 is 10.2 Å². The number of nitrogens with zero attached hydrogens (tertiary/aromatic N) is 4. The van der Waals surface area contributed by atoms with Crippen LogP contribution in [0.1, 0.15) is 12.0 Å². The Morgan fingerprint density at radius 3 is 2.80 bits per heavy atom. The number of ether oxygens (including phenoxy) is 1. The first-order chi connectivity index (χ1) is 14.6. The highest BCUT2D eigenvalue weighted by molar-refractivity contribution is 8.01. The van der Waals surface area contributed by atoms with Crippen molar-refractivity contribution in [3.05, 3.63) is 29.8 Å². The first kappa shape index (κ1) is 21.2. The van der Waals surface area contributed by atoms with Crippen LogP contribution in [0.25, 0.3) is 0 Å². The topological polar surface area (TPSA) is 87.7 Å². The Morgan fingerprint density at radius 2 is 2.03 bits per heavy atom. The SMILES string of the molecule is Cc1ccc(N2CC(C(=O)Nc3nnc(SCCN4CCOCC4)s3)CC2=O)cc1. The maximum absolute atomic E-state index is 12.6. The molecule has 2 aromatic rings. The maximum Gasteiger partial charge on any atom is 0.231 e. The minimum Gasteiger partial charge on any atom is -0.379 e. The van der Waals surface area contributed by atoms with Gasteiger partial charge in [-0.2, -0.15) is 0 Å². The molecule has 2 fully saturated rings. The van der Waals surface area contributed by atoms with Gasteiger partial charge in [-0.25, -0.2) is 0 Å². The van der Waals surface area contributed by atoms with Crippen LogP contribution in [-0.2, 0) is 14.3 Å². The molecule has 8 nitrogen and oxygen atoms in total. The summed E-state index contributed by atoms with van der Waals surface area (Å²) < 4.78 is 6.19. The molecule has 3 heterocycles. The second kappa shape index (κ2) is 9.86. The quantitative estimate of drug-likeness (QED) is 0.515. The molecule has 0 spiro atoms. The average Bonchev–Trinajstić information content (AvgIpc) is 3.36. The number of carbonyl (C=O) groups is 2. The molecule has 2 amide bonds. The molecule has 4 rings (SSSR count). The Labute approximate surface area is 184 Å². The Hall–Kier alpha value is -2.01. The zero-order chi connectivity index (χ0) is 20.9. The van der Waals surface area contributed by atoms with E-state index in [2.05, 4.69) is 20.4 Å². The number of amides is 2. The zero-order valence-corrected chi connectivity index (χ0v) is 18.5. The second-order valence-electron chi connectivity index (χ2n) is 7.41. The molecule has 1 atom stereocenters. The van der Waals surface area contributed by atoms with Crippen molar-refractivity contribution in [2.45, 2.75) is 17.7 Å². The number of hydrogen-bond donors (Lipinski definition) is 1. The van der Waals surface area contributed by atoms with E-state index < -0.39 is 0 Å². The standard InChI is InChI=1S/C20H25N5O3S2/c1-14-2-4-16(5-3-14)25-13-15(12-17(25)26)18(27)21-19-22-23-20(30-19)29-11-8-24-6-9-28-10-7-24/h2-5,15H,6-13H2,1H3,(H,21,22,27). The molecule has 0 bridgehead atoms.